The smallest absolute Gasteiger partial charge is 0.233 e. The lowest BCUT2D eigenvalue weighted by molar-refractivity contribution is 0.392. The molecule has 1 saturated heterocycles. The number of anilines is 1. The highest BCUT2D eigenvalue weighted by Gasteiger charge is 2.40. The van der Waals surface area contributed by atoms with E-state index in [2.05, 4.69) is 37.5 Å². The molecule has 2 aliphatic rings. The van der Waals surface area contributed by atoms with Crippen molar-refractivity contribution in [1.82, 2.24) is 25.7 Å². The van der Waals surface area contributed by atoms with Crippen molar-refractivity contribution in [3.05, 3.63) is 42.6 Å². The fourth-order valence-corrected chi connectivity index (χ4v) is 4.08. The number of ether oxygens (including phenoxy) is 1. The number of aromatic nitrogens is 4. The molecule has 2 aromatic heterocycles. The Bertz CT molecular complexity index is 1080. The van der Waals surface area contributed by atoms with Crippen molar-refractivity contribution in [3.63, 3.8) is 0 Å². The minimum Gasteiger partial charge on any atom is -0.507 e. The van der Waals surface area contributed by atoms with Crippen molar-refractivity contribution >= 4 is 5.82 Å². The van der Waals surface area contributed by atoms with Crippen molar-refractivity contribution in [2.75, 3.05) is 25.1 Å². The minimum absolute atomic E-state index is 0.137. The van der Waals surface area contributed by atoms with Crippen LogP contribution in [-0.4, -0.2) is 57.3 Å². The molecule has 1 atom stereocenters. The molecular weight excluding hydrogens is 392 g/mol. The molecule has 1 aliphatic heterocycles. The molecule has 1 saturated carbocycles. The highest BCUT2D eigenvalue weighted by Crippen LogP contribution is 2.36. The molecule has 8 heteroatoms. The van der Waals surface area contributed by atoms with E-state index < -0.39 is 0 Å². The maximum Gasteiger partial charge on any atom is 0.233 e. The molecule has 0 spiro atoms. The van der Waals surface area contributed by atoms with E-state index in [-0.39, 0.29) is 5.75 Å². The van der Waals surface area contributed by atoms with Crippen molar-refractivity contribution in [1.29, 1.82) is 0 Å². The van der Waals surface area contributed by atoms with Gasteiger partial charge in [0, 0.05) is 41.9 Å². The van der Waals surface area contributed by atoms with E-state index in [0.29, 0.717) is 28.7 Å². The highest BCUT2D eigenvalue weighted by atomic mass is 16.5. The van der Waals surface area contributed by atoms with Crippen LogP contribution in [0.5, 0.6) is 11.6 Å². The molecule has 0 radical (unpaired) electrons. The molecule has 5 rings (SSSR count). The molecule has 0 amide bonds. The zero-order valence-corrected chi connectivity index (χ0v) is 17.7. The first-order valence-corrected chi connectivity index (χ1v) is 10.6. The molecule has 31 heavy (non-hydrogen) atoms. The predicted octanol–water partition coefficient (Wildman–Crippen LogP) is 3.04. The summed E-state index contributed by atoms with van der Waals surface area (Å²) in [6.45, 7) is 4.22. The number of nitrogens with zero attached hydrogens (tertiary/aromatic N) is 5. The van der Waals surface area contributed by atoms with Crippen LogP contribution in [0.25, 0.3) is 22.4 Å². The van der Waals surface area contributed by atoms with Crippen LogP contribution in [0.2, 0.25) is 0 Å². The van der Waals surface area contributed by atoms with Gasteiger partial charge in [0.05, 0.1) is 19.0 Å². The summed E-state index contributed by atoms with van der Waals surface area (Å²) in [4.78, 5) is 2.27. The van der Waals surface area contributed by atoms with E-state index in [4.69, 9.17) is 4.74 Å². The molecule has 2 fully saturated rings. The van der Waals surface area contributed by atoms with Crippen LogP contribution in [0.15, 0.2) is 42.6 Å². The lowest BCUT2D eigenvalue weighted by Gasteiger charge is -2.20. The number of methoxy groups -OCH3 is 1. The second-order valence-electron chi connectivity index (χ2n) is 8.63. The van der Waals surface area contributed by atoms with Crippen LogP contribution in [0.3, 0.4) is 0 Å². The molecule has 3 heterocycles. The van der Waals surface area contributed by atoms with Gasteiger partial charge in [-0.15, -0.1) is 15.3 Å². The van der Waals surface area contributed by atoms with Crippen LogP contribution in [0.1, 0.15) is 26.2 Å². The van der Waals surface area contributed by atoms with Crippen molar-refractivity contribution in [2.45, 2.75) is 37.8 Å². The third kappa shape index (κ3) is 4.16. The van der Waals surface area contributed by atoms with Crippen LogP contribution < -0.4 is 15.0 Å². The quantitative estimate of drug-likeness (QED) is 0.631. The third-order valence-corrected chi connectivity index (χ3v) is 6.16. The van der Waals surface area contributed by atoms with Crippen LogP contribution in [0.4, 0.5) is 5.82 Å². The van der Waals surface area contributed by atoms with E-state index in [1.165, 1.54) is 12.8 Å². The molecule has 0 bridgehead atoms. The molecule has 8 nitrogen and oxygen atoms in total. The normalized spacial score (nSPS) is 19.4. The summed E-state index contributed by atoms with van der Waals surface area (Å²) >= 11 is 0. The summed E-state index contributed by atoms with van der Waals surface area (Å²) in [7, 11) is 1.54. The highest BCUT2D eigenvalue weighted by molar-refractivity contribution is 5.74. The van der Waals surface area contributed by atoms with Gasteiger partial charge < -0.3 is 20.1 Å². The van der Waals surface area contributed by atoms with E-state index in [0.717, 1.165) is 36.5 Å². The minimum atomic E-state index is 0.137. The Labute approximate surface area is 181 Å². The van der Waals surface area contributed by atoms with Gasteiger partial charge >= 0.3 is 0 Å². The number of hydrogen-bond acceptors (Lipinski definition) is 8. The molecule has 1 aromatic carbocycles. The van der Waals surface area contributed by atoms with Gasteiger partial charge in [-0.2, -0.15) is 5.10 Å². The maximum absolute atomic E-state index is 10.6. The lowest BCUT2D eigenvalue weighted by Crippen LogP contribution is -2.40. The summed E-state index contributed by atoms with van der Waals surface area (Å²) in [5, 5.41) is 31.0. The van der Waals surface area contributed by atoms with Gasteiger partial charge in [0.25, 0.3) is 0 Å². The molecule has 3 aromatic rings. The number of phenols is 1. The van der Waals surface area contributed by atoms with Gasteiger partial charge in [-0.05, 0) is 56.0 Å². The van der Waals surface area contributed by atoms with Crippen LogP contribution in [0, 0.1) is 0 Å². The first kappa shape index (κ1) is 19.7. The average molecular weight is 419 g/mol. The lowest BCUT2D eigenvalue weighted by atomic mass is 10.0. The van der Waals surface area contributed by atoms with E-state index >= 15 is 0 Å². The van der Waals surface area contributed by atoms with Crippen molar-refractivity contribution in [3.8, 4) is 34.0 Å². The van der Waals surface area contributed by atoms with E-state index in [9.17, 15) is 5.11 Å². The van der Waals surface area contributed by atoms with Crippen LogP contribution in [-0.2, 0) is 0 Å². The number of rotatable bonds is 6. The number of aromatic hydroxyl groups is 1. The van der Waals surface area contributed by atoms with Gasteiger partial charge in [0.15, 0.2) is 5.82 Å². The number of hydrogen-bond donors (Lipinski definition) is 2. The molecular formula is C23H26N6O2. The van der Waals surface area contributed by atoms with Crippen molar-refractivity contribution in [2.24, 2.45) is 0 Å². The summed E-state index contributed by atoms with van der Waals surface area (Å²) in [5.74, 6) is 1.44. The Morgan fingerprint density at radius 2 is 1.97 bits per heavy atom. The number of benzene rings is 1. The predicted molar refractivity (Wildman–Crippen MR) is 118 cm³/mol. The Hall–Kier alpha value is -3.26. The van der Waals surface area contributed by atoms with E-state index in [1.54, 1.807) is 25.4 Å². The summed E-state index contributed by atoms with van der Waals surface area (Å²) < 4.78 is 5.12. The molecule has 0 unspecified atom stereocenters. The SMILES string of the molecule is COc1cc(-c2ccc(-c3ccc(N4CC[C@@H](NC5(C)CC5)C4)nn3)c(O)c2)cnn1. The summed E-state index contributed by atoms with van der Waals surface area (Å²) in [6, 6.07) is 11.6. The number of phenolic OH excluding ortho intramolecular Hbond substituents is 1. The standard InChI is InChI=1S/C23H26N6O2/c1-23(8-9-23)25-17-7-10-29(14-17)21-6-5-19(26-27-21)18-4-3-15(11-20(18)30)16-12-22(31-2)28-24-13-16/h3-6,11-13,17,25,30H,7-10,14H2,1-2H3/t17-/m1/s1. The maximum atomic E-state index is 10.6. The fraction of sp³-hybridized carbons (Fsp3) is 0.391. The third-order valence-electron chi connectivity index (χ3n) is 6.16. The van der Waals surface area contributed by atoms with Gasteiger partial charge in [0.2, 0.25) is 5.88 Å². The fourth-order valence-electron chi connectivity index (χ4n) is 4.08. The molecule has 1 aliphatic carbocycles. The van der Waals surface area contributed by atoms with Gasteiger partial charge in [-0.1, -0.05) is 6.07 Å². The Morgan fingerprint density at radius 3 is 2.68 bits per heavy atom. The second kappa shape index (κ2) is 7.77. The van der Waals surface area contributed by atoms with E-state index in [1.807, 2.05) is 24.3 Å². The van der Waals surface area contributed by atoms with Gasteiger partial charge in [0.1, 0.15) is 5.75 Å². The number of nitrogens with one attached hydrogen (secondary N) is 1. The topological polar surface area (TPSA) is 96.3 Å². The van der Waals surface area contributed by atoms with Crippen LogP contribution >= 0.6 is 0 Å². The summed E-state index contributed by atoms with van der Waals surface area (Å²) in [6.07, 6.45) is 5.29. The van der Waals surface area contributed by atoms with Crippen molar-refractivity contribution < 1.29 is 9.84 Å². The largest absolute Gasteiger partial charge is 0.507 e. The van der Waals surface area contributed by atoms with Gasteiger partial charge in [-0.3, -0.25) is 0 Å². The average Bonchev–Trinajstić information content (AvgIpc) is 3.34. The summed E-state index contributed by atoms with van der Waals surface area (Å²) in [5.41, 5.74) is 3.25. The Morgan fingerprint density at radius 1 is 1.10 bits per heavy atom. The first-order valence-electron chi connectivity index (χ1n) is 10.6. The molecule has 2 N–H and O–H groups in total. The zero-order chi connectivity index (χ0) is 21.4. The first-order chi connectivity index (χ1) is 15.0. The van der Waals surface area contributed by atoms with Gasteiger partial charge in [-0.25, -0.2) is 0 Å². The second-order valence-corrected chi connectivity index (χ2v) is 8.63. The Balaban J connectivity index is 1.30. The monoisotopic (exact) mass is 418 g/mol. The Kier molecular flexibility index (Phi) is 4.94. The molecule has 160 valence electrons. The zero-order valence-electron chi connectivity index (χ0n) is 17.7.